The smallest absolute Gasteiger partial charge is 0.157 e. The number of rotatable bonds is 2. The molecule has 1 aliphatic rings. The molecule has 4 rings (SSSR count). The Bertz CT molecular complexity index is 712. The van der Waals surface area contributed by atoms with E-state index in [2.05, 4.69) is 44.5 Å². The van der Waals surface area contributed by atoms with Crippen molar-refractivity contribution in [3.63, 3.8) is 0 Å². The lowest BCUT2D eigenvalue weighted by Gasteiger charge is -2.12. The third-order valence-electron chi connectivity index (χ3n) is 3.53. The van der Waals surface area contributed by atoms with Crippen molar-refractivity contribution in [3.05, 3.63) is 47.2 Å². The largest absolute Gasteiger partial charge is 0.365 e. The van der Waals surface area contributed by atoms with Crippen LogP contribution in [-0.4, -0.2) is 21.0 Å². The number of aromatic nitrogens is 3. The first-order valence-corrected chi connectivity index (χ1v) is 7.15. The second-order valence-electron chi connectivity index (χ2n) is 4.75. The van der Waals surface area contributed by atoms with Crippen molar-refractivity contribution < 1.29 is 0 Å². The highest BCUT2D eigenvalue weighted by Crippen LogP contribution is 2.26. The Balaban J connectivity index is 1.62. The van der Waals surface area contributed by atoms with Gasteiger partial charge in [0, 0.05) is 6.04 Å². The van der Waals surface area contributed by atoms with Gasteiger partial charge in [-0.2, -0.15) is 0 Å². The standard InChI is InChI=1S/C14H12N4S/c1-2-4-10-6-11(5-9(10)3-1)18-13-12-14(16-7-15-13)19-8-17-12/h1-4,7-8,11H,5-6H2,(H,15,16,18). The molecule has 2 aromatic heterocycles. The van der Waals surface area contributed by atoms with Gasteiger partial charge in [-0.15, -0.1) is 11.3 Å². The minimum atomic E-state index is 0.400. The number of nitrogens with zero attached hydrogens (tertiary/aromatic N) is 3. The van der Waals surface area contributed by atoms with E-state index in [1.54, 1.807) is 17.7 Å². The summed E-state index contributed by atoms with van der Waals surface area (Å²) < 4.78 is 0. The first-order valence-electron chi connectivity index (χ1n) is 6.27. The van der Waals surface area contributed by atoms with E-state index in [4.69, 9.17) is 0 Å². The van der Waals surface area contributed by atoms with E-state index in [9.17, 15) is 0 Å². The van der Waals surface area contributed by atoms with E-state index in [1.165, 1.54) is 11.1 Å². The lowest BCUT2D eigenvalue weighted by molar-refractivity contribution is 0.769. The lowest BCUT2D eigenvalue weighted by atomic mass is 10.1. The van der Waals surface area contributed by atoms with Gasteiger partial charge in [-0.3, -0.25) is 0 Å². The predicted octanol–water partition coefficient (Wildman–Crippen LogP) is 2.67. The summed E-state index contributed by atoms with van der Waals surface area (Å²) in [7, 11) is 0. The average molecular weight is 268 g/mol. The van der Waals surface area contributed by atoms with Crippen LogP contribution >= 0.6 is 11.3 Å². The minimum Gasteiger partial charge on any atom is -0.365 e. The number of hydrogen-bond acceptors (Lipinski definition) is 5. The Kier molecular flexibility index (Phi) is 2.45. The zero-order chi connectivity index (χ0) is 12.7. The third kappa shape index (κ3) is 1.86. The summed E-state index contributed by atoms with van der Waals surface area (Å²) in [6, 6.07) is 9.01. The first kappa shape index (κ1) is 10.9. The molecule has 19 heavy (non-hydrogen) atoms. The molecule has 1 N–H and O–H groups in total. The zero-order valence-corrected chi connectivity index (χ0v) is 11.0. The molecule has 0 bridgehead atoms. The highest BCUT2D eigenvalue weighted by Gasteiger charge is 2.21. The zero-order valence-electron chi connectivity index (χ0n) is 10.2. The molecule has 4 nitrogen and oxygen atoms in total. The van der Waals surface area contributed by atoms with Gasteiger partial charge in [0.2, 0.25) is 0 Å². The van der Waals surface area contributed by atoms with E-state index < -0.39 is 0 Å². The molecule has 1 aromatic carbocycles. The second kappa shape index (κ2) is 4.28. The molecule has 94 valence electrons. The van der Waals surface area contributed by atoms with Crippen molar-refractivity contribution in [2.45, 2.75) is 18.9 Å². The van der Waals surface area contributed by atoms with Crippen LogP contribution in [0.1, 0.15) is 11.1 Å². The van der Waals surface area contributed by atoms with Gasteiger partial charge in [0.25, 0.3) is 0 Å². The van der Waals surface area contributed by atoms with Crippen LogP contribution in [0.2, 0.25) is 0 Å². The van der Waals surface area contributed by atoms with Gasteiger partial charge in [-0.1, -0.05) is 24.3 Å². The number of fused-ring (bicyclic) bond motifs is 2. The van der Waals surface area contributed by atoms with Crippen LogP contribution in [-0.2, 0) is 12.8 Å². The summed E-state index contributed by atoms with van der Waals surface area (Å²) in [6.07, 6.45) is 3.70. The molecule has 0 fully saturated rings. The van der Waals surface area contributed by atoms with Gasteiger partial charge < -0.3 is 5.32 Å². The molecule has 3 aromatic rings. The van der Waals surface area contributed by atoms with E-state index in [-0.39, 0.29) is 0 Å². The maximum atomic E-state index is 4.34. The summed E-state index contributed by atoms with van der Waals surface area (Å²) in [4.78, 5) is 13.8. The summed E-state index contributed by atoms with van der Waals surface area (Å²) in [5, 5.41) is 3.51. The Morgan fingerprint density at radius 2 is 1.84 bits per heavy atom. The van der Waals surface area contributed by atoms with E-state index >= 15 is 0 Å². The second-order valence-corrected chi connectivity index (χ2v) is 5.58. The van der Waals surface area contributed by atoms with Gasteiger partial charge in [0.1, 0.15) is 16.7 Å². The molecule has 5 heteroatoms. The van der Waals surface area contributed by atoms with Crippen LogP contribution in [0.4, 0.5) is 5.82 Å². The minimum absolute atomic E-state index is 0.400. The molecule has 0 unspecified atom stereocenters. The topological polar surface area (TPSA) is 50.7 Å². The maximum absolute atomic E-state index is 4.34. The molecule has 2 heterocycles. The van der Waals surface area contributed by atoms with Crippen LogP contribution in [0, 0.1) is 0 Å². The first-order chi connectivity index (χ1) is 9.40. The van der Waals surface area contributed by atoms with Crippen LogP contribution in [0.25, 0.3) is 10.3 Å². The highest BCUT2D eigenvalue weighted by molar-refractivity contribution is 7.16. The van der Waals surface area contributed by atoms with Crippen molar-refractivity contribution in [1.29, 1.82) is 0 Å². The molecule has 1 aliphatic carbocycles. The molecule has 0 atom stereocenters. The lowest BCUT2D eigenvalue weighted by Crippen LogP contribution is -2.20. The molecule has 0 spiro atoms. The van der Waals surface area contributed by atoms with Crippen LogP contribution in [0.3, 0.4) is 0 Å². The SMILES string of the molecule is c1ccc2c(c1)CC(Nc1ncnc3scnc13)C2. The van der Waals surface area contributed by atoms with Crippen LogP contribution in [0.15, 0.2) is 36.1 Å². The molecular formula is C14H12N4S. The molecule has 0 amide bonds. The molecule has 0 radical (unpaired) electrons. The van der Waals surface area contributed by atoms with E-state index in [0.717, 1.165) is 29.0 Å². The van der Waals surface area contributed by atoms with Crippen LogP contribution in [0.5, 0.6) is 0 Å². The molecular weight excluding hydrogens is 256 g/mol. The number of anilines is 1. The summed E-state index contributed by atoms with van der Waals surface area (Å²) >= 11 is 1.54. The molecule has 0 saturated heterocycles. The number of benzene rings is 1. The normalized spacial score (nSPS) is 14.7. The average Bonchev–Trinajstić information content (AvgIpc) is 3.04. The fourth-order valence-corrected chi connectivity index (χ4v) is 3.28. The van der Waals surface area contributed by atoms with Gasteiger partial charge in [-0.05, 0) is 24.0 Å². The monoisotopic (exact) mass is 268 g/mol. The van der Waals surface area contributed by atoms with Crippen molar-refractivity contribution in [2.24, 2.45) is 0 Å². The highest BCUT2D eigenvalue weighted by atomic mass is 32.1. The molecule has 0 aliphatic heterocycles. The Morgan fingerprint density at radius 3 is 2.63 bits per heavy atom. The molecule has 0 saturated carbocycles. The van der Waals surface area contributed by atoms with Crippen molar-refractivity contribution in [2.75, 3.05) is 5.32 Å². The summed E-state index contributed by atoms with van der Waals surface area (Å²) in [5.74, 6) is 0.851. The van der Waals surface area contributed by atoms with Crippen LogP contribution < -0.4 is 5.32 Å². The Labute approximate surface area is 114 Å². The van der Waals surface area contributed by atoms with Gasteiger partial charge in [-0.25, -0.2) is 15.0 Å². The maximum Gasteiger partial charge on any atom is 0.157 e. The van der Waals surface area contributed by atoms with E-state index in [0.29, 0.717) is 6.04 Å². The Hall–Kier alpha value is -2.01. The Morgan fingerprint density at radius 1 is 1.05 bits per heavy atom. The van der Waals surface area contributed by atoms with Crippen molar-refractivity contribution >= 4 is 27.5 Å². The van der Waals surface area contributed by atoms with Crippen molar-refractivity contribution in [1.82, 2.24) is 15.0 Å². The van der Waals surface area contributed by atoms with E-state index in [1.807, 2.05) is 5.51 Å². The number of hydrogen-bond donors (Lipinski definition) is 1. The summed E-state index contributed by atoms with van der Waals surface area (Å²) in [5.41, 5.74) is 5.56. The number of thiazole rings is 1. The third-order valence-corrected chi connectivity index (χ3v) is 4.26. The van der Waals surface area contributed by atoms with Gasteiger partial charge in [0.05, 0.1) is 5.51 Å². The quantitative estimate of drug-likeness (QED) is 0.776. The predicted molar refractivity (Wildman–Crippen MR) is 76.5 cm³/mol. The summed E-state index contributed by atoms with van der Waals surface area (Å²) in [6.45, 7) is 0. The van der Waals surface area contributed by atoms with Crippen molar-refractivity contribution in [3.8, 4) is 0 Å². The fraction of sp³-hybridized carbons (Fsp3) is 0.214. The number of nitrogens with one attached hydrogen (secondary N) is 1. The van der Waals surface area contributed by atoms with Gasteiger partial charge >= 0.3 is 0 Å². The van der Waals surface area contributed by atoms with Gasteiger partial charge in [0.15, 0.2) is 5.82 Å². The fourth-order valence-electron chi connectivity index (χ4n) is 2.65.